The van der Waals surface area contributed by atoms with Gasteiger partial charge in [0, 0.05) is 19.6 Å². The highest BCUT2D eigenvalue weighted by atomic mass is 35.5. The Hall–Kier alpha value is -2.91. The molecule has 4 rings (SSSR count). The van der Waals surface area contributed by atoms with E-state index < -0.39 is 15.9 Å². The standard InChI is InChI=1S/C28H29Cl2N3O4S/c29-24-13-12-21(17-25(24)30)19-38(36,37)33-16-6-9-22(18-33)27(34)32-26-11-5-4-10-23(26)28(35)31-15-14-20-7-2-1-3-8-20/h1-5,7-8,10-13,17,22H,6,9,14-16,18-19H2,(H,31,35)(H,32,34)/t22-/m1/s1. The number of hydrogen-bond acceptors (Lipinski definition) is 4. The minimum Gasteiger partial charge on any atom is -0.352 e. The molecule has 3 aromatic carbocycles. The Morgan fingerprint density at radius 3 is 2.42 bits per heavy atom. The molecule has 10 heteroatoms. The highest BCUT2D eigenvalue weighted by Gasteiger charge is 2.33. The summed E-state index contributed by atoms with van der Waals surface area (Å²) in [5.41, 5.74) is 2.39. The summed E-state index contributed by atoms with van der Waals surface area (Å²) < 4.78 is 27.5. The molecule has 0 spiro atoms. The van der Waals surface area contributed by atoms with E-state index in [9.17, 15) is 18.0 Å². The topological polar surface area (TPSA) is 95.6 Å². The first-order valence-electron chi connectivity index (χ1n) is 12.4. The van der Waals surface area contributed by atoms with Crippen molar-refractivity contribution in [2.75, 3.05) is 25.0 Å². The number of amides is 2. The minimum absolute atomic E-state index is 0.0704. The number of carbonyl (C=O) groups excluding carboxylic acids is 2. The van der Waals surface area contributed by atoms with Gasteiger partial charge in [0.25, 0.3) is 5.91 Å². The van der Waals surface area contributed by atoms with Gasteiger partial charge in [0.05, 0.1) is 33.0 Å². The first-order valence-corrected chi connectivity index (χ1v) is 14.7. The molecular weight excluding hydrogens is 545 g/mol. The number of halogens is 2. The Morgan fingerprint density at radius 1 is 0.921 bits per heavy atom. The largest absolute Gasteiger partial charge is 0.352 e. The van der Waals surface area contributed by atoms with E-state index in [0.29, 0.717) is 54.2 Å². The summed E-state index contributed by atoms with van der Waals surface area (Å²) in [4.78, 5) is 26.0. The predicted octanol–water partition coefficient (Wildman–Crippen LogP) is 5.15. The van der Waals surface area contributed by atoms with Crippen molar-refractivity contribution in [2.45, 2.75) is 25.0 Å². The maximum absolute atomic E-state index is 13.2. The van der Waals surface area contributed by atoms with Crippen LogP contribution >= 0.6 is 23.2 Å². The van der Waals surface area contributed by atoms with Crippen molar-refractivity contribution in [2.24, 2.45) is 5.92 Å². The molecule has 0 radical (unpaired) electrons. The molecule has 200 valence electrons. The van der Waals surface area contributed by atoms with Crippen LogP contribution in [0.4, 0.5) is 5.69 Å². The second-order valence-corrected chi connectivity index (χ2v) is 12.0. The zero-order chi connectivity index (χ0) is 27.1. The van der Waals surface area contributed by atoms with E-state index in [2.05, 4.69) is 10.6 Å². The zero-order valence-electron chi connectivity index (χ0n) is 20.7. The second-order valence-electron chi connectivity index (χ2n) is 9.23. The highest BCUT2D eigenvalue weighted by molar-refractivity contribution is 7.88. The molecule has 1 aliphatic rings. The molecule has 38 heavy (non-hydrogen) atoms. The van der Waals surface area contributed by atoms with E-state index in [0.717, 1.165) is 5.56 Å². The number of sulfonamides is 1. The number of carbonyl (C=O) groups is 2. The van der Waals surface area contributed by atoms with Crippen LogP contribution in [0.2, 0.25) is 10.0 Å². The van der Waals surface area contributed by atoms with Gasteiger partial charge in [0.15, 0.2) is 0 Å². The van der Waals surface area contributed by atoms with Crippen molar-refractivity contribution >= 4 is 50.7 Å². The molecule has 1 saturated heterocycles. The fourth-order valence-electron chi connectivity index (χ4n) is 4.43. The molecule has 3 aromatic rings. The lowest BCUT2D eigenvalue weighted by Crippen LogP contribution is -2.44. The van der Waals surface area contributed by atoms with Gasteiger partial charge >= 0.3 is 0 Å². The van der Waals surface area contributed by atoms with Crippen molar-refractivity contribution in [1.82, 2.24) is 9.62 Å². The third kappa shape index (κ3) is 7.35. The molecule has 0 aromatic heterocycles. The van der Waals surface area contributed by atoms with Gasteiger partial charge in [-0.3, -0.25) is 9.59 Å². The van der Waals surface area contributed by atoms with Gasteiger partial charge in [-0.05, 0) is 54.7 Å². The summed E-state index contributed by atoms with van der Waals surface area (Å²) in [6.45, 7) is 0.869. The number of rotatable bonds is 9. The van der Waals surface area contributed by atoms with Gasteiger partial charge in [-0.1, -0.05) is 71.7 Å². The Balaban J connectivity index is 1.37. The summed E-state index contributed by atoms with van der Waals surface area (Å²) in [5, 5.41) is 6.40. The minimum atomic E-state index is -3.67. The van der Waals surface area contributed by atoms with E-state index in [1.54, 1.807) is 36.4 Å². The van der Waals surface area contributed by atoms with Crippen molar-refractivity contribution in [3.63, 3.8) is 0 Å². The lowest BCUT2D eigenvalue weighted by Gasteiger charge is -2.31. The molecular formula is C28H29Cl2N3O4S. The molecule has 2 N–H and O–H groups in total. The summed E-state index contributed by atoms with van der Waals surface area (Å²) in [6.07, 6.45) is 1.80. The van der Waals surface area contributed by atoms with Crippen molar-refractivity contribution in [1.29, 1.82) is 0 Å². The van der Waals surface area contributed by atoms with Gasteiger partial charge in [-0.2, -0.15) is 0 Å². The van der Waals surface area contributed by atoms with Crippen LogP contribution in [-0.2, 0) is 27.0 Å². The monoisotopic (exact) mass is 573 g/mol. The van der Waals surface area contributed by atoms with Crippen LogP contribution in [0.1, 0.15) is 34.3 Å². The Labute approximate surface area is 233 Å². The van der Waals surface area contributed by atoms with Crippen LogP contribution < -0.4 is 10.6 Å². The fraction of sp³-hybridized carbons (Fsp3) is 0.286. The first-order chi connectivity index (χ1) is 18.2. The van der Waals surface area contributed by atoms with Gasteiger partial charge < -0.3 is 10.6 Å². The molecule has 1 fully saturated rings. The van der Waals surface area contributed by atoms with Gasteiger partial charge in [-0.25, -0.2) is 12.7 Å². The lowest BCUT2D eigenvalue weighted by atomic mass is 9.98. The van der Waals surface area contributed by atoms with E-state index in [4.69, 9.17) is 23.2 Å². The molecule has 1 aliphatic heterocycles. The van der Waals surface area contributed by atoms with Crippen LogP contribution in [-0.4, -0.2) is 44.2 Å². The summed E-state index contributed by atoms with van der Waals surface area (Å²) >= 11 is 12.0. The average molecular weight is 575 g/mol. The quantitative estimate of drug-likeness (QED) is 0.370. The van der Waals surface area contributed by atoms with Crippen molar-refractivity contribution < 1.29 is 18.0 Å². The molecule has 7 nitrogen and oxygen atoms in total. The third-order valence-corrected chi connectivity index (χ3v) is 9.01. The number of nitrogens with zero attached hydrogens (tertiary/aromatic N) is 1. The molecule has 0 aliphatic carbocycles. The maximum atomic E-state index is 13.2. The molecule has 1 heterocycles. The van der Waals surface area contributed by atoms with Crippen LogP contribution in [0.25, 0.3) is 0 Å². The summed E-state index contributed by atoms with van der Waals surface area (Å²) in [6, 6.07) is 21.4. The van der Waals surface area contributed by atoms with E-state index >= 15 is 0 Å². The molecule has 1 atom stereocenters. The van der Waals surface area contributed by atoms with E-state index in [-0.39, 0.29) is 29.1 Å². The average Bonchev–Trinajstić information content (AvgIpc) is 2.91. The summed E-state index contributed by atoms with van der Waals surface area (Å²) in [7, 11) is -3.67. The predicted molar refractivity (Wildman–Crippen MR) is 151 cm³/mol. The number of anilines is 1. The number of piperidine rings is 1. The molecule has 2 amide bonds. The third-order valence-electron chi connectivity index (χ3n) is 6.45. The number of nitrogens with one attached hydrogen (secondary N) is 2. The van der Waals surface area contributed by atoms with Crippen LogP contribution in [0.5, 0.6) is 0 Å². The number of benzene rings is 3. The van der Waals surface area contributed by atoms with Crippen LogP contribution in [0.3, 0.4) is 0 Å². The van der Waals surface area contributed by atoms with Crippen molar-refractivity contribution in [3.05, 3.63) is 99.5 Å². The van der Waals surface area contributed by atoms with Gasteiger partial charge in [0.2, 0.25) is 15.9 Å². The number of hydrogen-bond donors (Lipinski definition) is 2. The second kappa shape index (κ2) is 12.8. The Bertz CT molecular complexity index is 1400. The van der Waals surface area contributed by atoms with E-state index in [1.165, 1.54) is 10.4 Å². The van der Waals surface area contributed by atoms with Gasteiger partial charge in [0.1, 0.15) is 0 Å². The van der Waals surface area contributed by atoms with Crippen LogP contribution in [0.15, 0.2) is 72.8 Å². The highest BCUT2D eigenvalue weighted by Crippen LogP contribution is 2.27. The Morgan fingerprint density at radius 2 is 1.66 bits per heavy atom. The SMILES string of the molecule is O=C(NCCc1ccccc1)c1ccccc1NC(=O)[C@@H]1CCCN(S(=O)(=O)Cc2ccc(Cl)c(Cl)c2)C1. The first kappa shape index (κ1) is 28.1. The number of para-hydroxylation sites is 1. The smallest absolute Gasteiger partial charge is 0.253 e. The fourth-order valence-corrected chi connectivity index (χ4v) is 6.34. The van der Waals surface area contributed by atoms with Gasteiger partial charge in [-0.15, -0.1) is 0 Å². The maximum Gasteiger partial charge on any atom is 0.253 e. The zero-order valence-corrected chi connectivity index (χ0v) is 23.0. The molecule has 0 unspecified atom stereocenters. The lowest BCUT2D eigenvalue weighted by molar-refractivity contribution is -0.120. The summed E-state index contributed by atoms with van der Waals surface area (Å²) in [5.74, 6) is -1.37. The van der Waals surface area contributed by atoms with Crippen molar-refractivity contribution in [3.8, 4) is 0 Å². The van der Waals surface area contributed by atoms with Crippen LogP contribution in [0, 0.1) is 5.92 Å². The molecule has 0 bridgehead atoms. The molecule has 0 saturated carbocycles. The van der Waals surface area contributed by atoms with E-state index in [1.807, 2.05) is 30.3 Å². The Kier molecular flexibility index (Phi) is 9.44. The normalized spacial score (nSPS) is 16.1.